The largest absolute Gasteiger partial charge is 0.394 e. The number of nitrogens with one attached hydrogen (secondary N) is 2. The Balaban J connectivity index is 1.98. The first kappa shape index (κ1) is 36.7. The van der Waals surface area contributed by atoms with Gasteiger partial charge in [-0.3, -0.25) is 19.2 Å². The molecule has 0 bridgehead atoms. The number of likely N-dealkylation sites (tertiary alicyclic amines) is 1. The third-order valence-electron chi connectivity index (χ3n) is 5.58. The van der Waals surface area contributed by atoms with Crippen LogP contribution in [0.2, 0.25) is 0 Å². The van der Waals surface area contributed by atoms with Crippen LogP contribution in [0.3, 0.4) is 0 Å². The van der Waals surface area contributed by atoms with Gasteiger partial charge < -0.3 is 40.4 Å². The molecule has 0 saturated carbocycles. The summed E-state index contributed by atoms with van der Waals surface area (Å²) >= 11 is 1.23. The highest BCUT2D eigenvalue weighted by Gasteiger charge is 2.40. The third kappa shape index (κ3) is 16.0. The Bertz CT molecular complexity index is 857. The first-order chi connectivity index (χ1) is 19.8. The van der Waals surface area contributed by atoms with E-state index in [1.807, 2.05) is 6.92 Å². The van der Waals surface area contributed by atoms with Crippen molar-refractivity contribution in [2.24, 2.45) is 5.73 Å². The average Bonchev–Trinajstić information content (AvgIpc) is 3.24. The summed E-state index contributed by atoms with van der Waals surface area (Å²) in [6.07, 6.45) is 6.57. The number of ether oxygens (including phenoxy) is 4. The van der Waals surface area contributed by atoms with Gasteiger partial charge in [0.25, 0.3) is 0 Å². The standard InChI is InChI=1S/C27H46N4O9S/c1-3-7-21(4-2)31-25(34)18-23(27(31)36)41-20-22(28)26(35)30-9-6-12-38-15-17-39-16-14-37-11-5-8-29-24(33)19-40-13-10-32/h3-4,7,22-23,32H,5-6,8-20,28H2,1-2H3,(H,29,33)(H,30,35)/b7-3-,21-4+. The Morgan fingerprint density at radius 1 is 1.00 bits per heavy atom. The molecule has 1 fully saturated rings. The van der Waals surface area contributed by atoms with Crippen LogP contribution in [0.15, 0.2) is 23.9 Å². The summed E-state index contributed by atoms with van der Waals surface area (Å²) in [7, 11) is 0. The fourth-order valence-corrected chi connectivity index (χ4v) is 4.61. The zero-order valence-electron chi connectivity index (χ0n) is 24.1. The molecule has 14 heteroatoms. The number of amides is 4. The van der Waals surface area contributed by atoms with Gasteiger partial charge in [0.1, 0.15) is 6.61 Å². The van der Waals surface area contributed by atoms with Gasteiger partial charge in [-0.1, -0.05) is 12.2 Å². The lowest BCUT2D eigenvalue weighted by molar-refractivity contribution is -0.135. The normalized spacial score (nSPS) is 16.5. The predicted molar refractivity (Wildman–Crippen MR) is 155 cm³/mol. The fourth-order valence-electron chi connectivity index (χ4n) is 3.51. The average molecular weight is 603 g/mol. The number of nitrogens with two attached hydrogens (primary N) is 1. The molecular weight excluding hydrogens is 556 g/mol. The number of thioether (sulfide) groups is 1. The maximum atomic E-state index is 12.7. The molecule has 1 aliphatic rings. The molecular formula is C27H46N4O9S. The summed E-state index contributed by atoms with van der Waals surface area (Å²) < 4.78 is 21.3. The third-order valence-corrected chi connectivity index (χ3v) is 6.90. The molecule has 1 heterocycles. The summed E-state index contributed by atoms with van der Waals surface area (Å²) in [5.41, 5.74) is 6.53. The molecule has 1 saturated heterocycles. The molecule has 0 aromatic heterocycles. The summed E-state index contributed by atoms with van der Waals surface area (Å²) in [6, 6.07) is -0.791. The molecule has 4 amide bonds. The minimum Gasteiger partial charge on any atom is -0.394 e. The number of aliphatic hydroxyl groups excluding tert-OH is 1. The van der Waals surface area contributed by atoms with Crippen molar-refractivity contribution in [1.29, 1.82) is 0 Å². The number of allylic oxidation sites excluding steroid dienone is 3. The number of carbonyl (C=O) groups excluding carboxylic acids is 4. The van der Waals surface area contributed by atoms with Gasteiger partial charge in [0, 0.05) is 44.2 Å². The quantitative estimate of drug-likeness (QED) is 0.0649. The van der Waals surface area contributed by atoms with Crippen molar-refractivity contribution < 1.29 is 43.2 Å². The van der Waals surface area contributed by atoms with Crippen LogP contribution in [0.25, 0.3) is 0 Å². The van der Waals surface area contributed by atoms with Crippen molar-refractivity contribution in [3.8, 4) is 0 Å². The van der Waals surface area contributed by atoms with Crippen molar-refractivity contribution in [3.05, 3.63) is 23.9 Å². The van der Waals surface area contributed by atoms with Crippen LogP contribution >= 0.6 is 11.8 Å². The molecule has 0 aliphatic carbocycles. The maximum absolute atomic E-state index is 12.7. The van der Waals surface area contributed by atoms with Gasteiger partial charge in [0.05, 0.1) is 50.9 Å². The predicted octanol–water partition coefficient (Wildman–Crippen LogP) is -0.274. The highest BCUT2D eigenvalue weighted by Crippen LogP contribution is 2.28. The van der Waals surface area contributed by atoms with E-state index in [0.717, 1.165) is 0 Å². The van der Waals surface area contributed by atoms with Gasteiger partial charge in [-0.05, 0) is 32.8 Å². The summed E-state index contributed by atoms with van der Waals surface area (Å²) in [5, 5.41) is 13.5. The lowest BCUT2D eigenvalue weighted by atomic mass is 10.3. The smallest absolute Gasteiger partial charge is 0.247 e. The van der Waals surface area contributed by atoms with Crippen LogP contribution in [-0.2, 0) is 38.1 Å². The maximum Gasteiger partial charge on any atom is 0.247 e. The molecule has 2 unspecified atom stereocenters. The Kier molecular flexibility index (Phi) is 20.8. The summed E-state index contributed by atoms with van der Waals surface area (Å²) in [4.78, 5) is 49.8. The number of hydrogen-bond acceptors (Lipinski definition) is 11. The first-order valence-corrected chi connectivity index (χ1v) is 14.9. The van der Waals surface area contributed by atoms with E-state index < -0.39 is 11.3 Å². The molecule has 234 valence electrons. The Hall–Kier alpha value is -2.33. The van der Waals surface area contributed by atoms with E-state index in [2.05, 4.69) is 10.6 Å². The first-order valence-electron chi connectivity index (χ1n) is 13.8. The molecule has 1 aliphatic heterocycles. The van der Waals surface area contributed by atoms with Crippen LogP contribution in [0.1, 0.15) is 33.1 Å². The van der Waals surface area contributed by atoms with Crippen molar-refractivity contribution in [2.75, 3.05) is 78.3 Å². The van der Waals surface area contributed by atoms with Gasteiger partial charge in [0.15, 0.2) is 0 Å². The molecule has 0 aromatic rings. The van der Waals surface area contributed by atoms with Gasteiger partial charge in [0.2, 0.25) is 23.6 Å². The van der Waals surface area contributed by atoms with Crippen molar-refractivity contribution in [3.63, 3.8) is 0 Å². The number of rotatable bonds is 24. The number of carbonyl (C=O) groups is 4. The van der Waals surface area contributed by atoms with Crippen LogP contribution in [0, 0.1) is 0 Å². The molecule has 41 heavy (non-hydrogen) atoms. The Morgan fingerprint density at radius 3 is 2.20 bits per heavy atom. The van der Waals surface area contributed by atoms with E-state index in [1.165, 1.54) is 16.7 Å². The zero-order valence-corrected chi connectivity index (χ0v) is 25.0. The van der Waals surface area contributed by atoms with Gasteiger partial charge >= 0.3 is 0 Å². The number of aliphatic hydroxyl groups is 1. The van der Waals surface area contributed by atoms with Crippen molar-refractivity contribution in [1.82, 2.24) is 15.5 Å². The summed E-state index contributed by atoms with van der Waals surface area (Å²) in [5.74, 6) is -0.850. The topological polar surface area (TPSA) is 179 Å². The second kappa shape index (κ2) is 23.3. The molecule has 0 aromatic carbocycles. The Morgan fingerprint density at radius 2 is 1.61 bits per heavy atom. The van der Waals surface area contributed by atoms with Crippen LogP contribution in [0.5, 0.6) is 0 Å². The SMILES string of the molecule is C/C=C\C(=C/C)N1C(=O)CC(SCC(N)C(=O)NCCCOCCOCCOCCCNC(=O)COCCO)C1=O. The van der Waals surface area contributed by atoms with E-state index in [4.69, 9.17) is 29.8 Å². The Labute approximate surface area is 246 Å². The minimum absolute atomic E-state index is 0.0655. The van der Waals surface area contributed by atoms with E-state index in [-0.39, 0.29) is 55.6 Å². The van der Waals surface area contributed by atoms with Crippen LogP contribution in [0.4, 0.5) is 0 Å². The highest BCUT2D eigenvalue weighted by atomic mass is 32.2. The van der Waals surface area contributed by atoms with Crippen LogP contribution < -0.4 is 16.4 Å². The summed E-state index contributed by atoms with van der Waals surface area (Å²) in [6.45, 7) is 7.10. The molecule has 0 radical (unpaired) electrons. The molecule has 5 N–H and O–H groups in total. The molecule has 13 nitrogen and oxygen atoms in total. The monoisotopic (exact) mass is 602 g/mol. The number of imide groups is 1. The minimum atomic E-state index is -0.791. The lowest BCUT2D eigenvalue weighted by Gasteiger charge is -2.17. The van der Waals surface area contributed by atoms with Gasteiger partial charge in [-0.25, -0.2) is 4.90 Å². The number of nitrogens with zero attached hydrogens (tertiary/aromatic N) is 1. The van der Waals surface area contributed by atoms with Crippen LogP contribution in [-0.4, -0.2) is 123 Å². The molecule has 1 rings (SSSR count). The van der Waals surface area contributed by atoms with Gasteiger partial charge in [-0.2, -0.15) is 0 Å². The van der Waals surface area contributed by atoms with Crippen molar-refractivity contribution >= 4 is 35.4 Å². The van der Waals surface area contributed by atoms with E-state index in [0.29, 0.717) is 71.3 Å². The zero-order chi connectivity index (χ0) is 30.3. The lowest BCUT2D eigenvalue weighted by Crippen LogP contribution is -2.43. The van der Waals surface area contributed by atoms with Crippen molar-refractivity contribution in [2.45, 2.75) is 44.4 Å². The van der Waals surface area contributed by atoms with Gasteiger partial charge in [-0.15, -0.1) is 11.8 Å². The molecule has 2 atom stereocenters. The fraction of sp³-hybridized carbons (Fsp3) is 0.704. The van der Waals surface area contributed by atoms with E-state index >= 15 is 0 Å². The van der Waals surface area contributed by atoms with E-state index in [9.17, 15) is 19.2 Å². The number of hydrogen-bond donors (Lipinski definition) is 4. The second-order valence-electron chi connectivity index (χ2n) is 8.87. The second-order valence-corrected chi connectivity index (χ2v) is 10.1. The molecule has 0 spiro atoms. The highest BCUT2D eigenvalue weighted by molar-refractivity contribution is 8.00. The van der Waals surface area contributed by atoms with E-state index in [1.54, 1.807) is 25.2 Å².